The van der Waals surface area contributed by atoms with Crippen molar-refractivity contribution in [1.82, 2.24) is 4.90 Å². The van der Waals surface area contributed by atoms with Crippen molar-refractivity contribution >= 4 is 23.2 Å². The van der Waals surface area contributed by atoms with E-state index in [4.69, 9.17) is 10.5 Å². The van der Waals surface area contributed by atoms with Gasteiger partial charge in [0.25, 0.3) is 11.8 Å². The molecular weight excluding hydrogens is 300 g/mol. The van der Waals surface area contributed by atoms with E-state index in [1.807, 2.05) is 24.4 Å². The van der Waals surface area contributed by atoms with Crippen molar-refractivity contribution < 1.29 is 14.3 Å². The third kappa shape index (κ3) is 3.85. The Balaban J connectivity index is 2.04. The first kappa shape index (κ1) is 16.0. The first-order valence-corrected chi connectivity index (χ1v) is 7.68. The van der Waals surface area contributed by atoms with E-state index in [-0.39, 0.29) is 18.6 Å². The van der Waals surface area contributed by atoms with Crippen molar-refractivity contribution in [2.75, 3.05) is 13.7 Å². The van der Waals surface area contributed by atoms with Gasteiger partial charge in [-0.3, -0.25) is 9.59 Å². The molecule has 1 heterocycles. The Morgan fingerprint density at radius 1 is 1.27 bits per heavy atom. The molecule has 5 nitrogen and oxygen atoms in total. The average molecular weight is 318 g/mol. The molecule has 0 radical (unpaired) electrons. The molecule has 1 aromatic heterocycles. The van der Waals surface area contributed by atoms with Gasteiger partial charge in [0.2, 0.25) is 0 Å². The lowest BCUT2D eigenvalue weighted by Crippen LogP contribution is -2.29. The van der Waals surface area contributed by atoms with Crippen molar-refractivity contribution in [1.29, 1.82) is 0 Å². The molecule has 0 aliphatic heterocycles. The number of amides is 2. The first-order chi connectivity index (χ1) is 10.5. The SMILES string of the molecule is C[C@@H](c1cccs1)N(C)C(=O)c1ccc(OCC(N)=O)cc1. The van der Waals surface area contributed by atoms with Crippen molar-refractivity contribution in [2.24, 2.45) is 5.73 Å². The van der Waals surface area contributed by atoms with Gasteiger partial charge in [0.1, 0.15) is 5.75 Å². The highest BCUT2D eigenvalue weighted by atomic mass is 32.1. The standard InChI is InChI=1S/C16H18N2O3S/c1-11(14-4-3-9-22-14)18(2)16(20)12-5-7-13(8-6-12)21-10-15(17)19/h3-9,11H,10H2,1-2H3,(H2,17,19)/t11-/m0/s1. The van der Waals surface area contributed by atoms with Gasteiger partial charge in [0, 0.05) is 17.5 Å². The predicted octanol–water partition coefficient (Wildman–Crippen LogP) is 2.45. The summed E-state index contributed by atoms with van der Waals surface area (Å²) in [6, 6.07) is 10.7. The second-order valence-corrected chi connectivity index (χ2v) is 5.87. The van der Waals surface area contributed by atoms with Crippen molar-refractivity contribution in [3.8, 4) is 5.75 Å². The number of carbonyl (C=O) groups is 2. The Morgan fingerprint density at radius 2 is 1.95 bits per heavy atom. The van der Waals surface area contributed by atoms with Gasteiger partial charge < -0.3 is 15.4 Å². The number of benzene rings is 1. The van der Waals surface area contributed by atoms with Crippen LogP contribution in [-0.2, 0) is 4.79 Å². The number of ether oxygens (including phenoxy) is 1. The summed E-state index contributed by atoms with van der Waals surface area (Å²) in [5.74, 6) is -0.101. The normalized spacial score (nSPS) is 11.7. The molecule has 2 amide bonds. The molecule has 2 aromatic rings. The Hall–Kier alpha value is -2.34. The number of primary amides is 1. The van der Waals surface area contributed by atoms with Crippen LogP contribution in [-0.4, -0.2) is 30.4 Å². The van der Waals surface area contributed by atoms with Crippen molar-refractivity contribution in [3.05, 3.63) is 52.2 Å². The van der Waals surface area contributed by atoms with Crippen LogP contribution in [0.15, 0.2) is 41.8 Å². The number of nitrogens with zero attached hydrogens (tertiary/aromatic N) is 1. The number of rotatable bonds is 6. The molecule has 0 aliphatic rings. The lowest BCUT2D eigenvalue weighted by molar-refractivity contribution is -0.119. The van der Waals surface area contributed by atoms with Crippen LogP contribution in [0.5, 0.6) is 5.75 Å². The van der Waals surface area contributed by atoms with E-state index in [1.54, 1.807) is 47.5 Å². The summed E-state index contributed by atoms with van der Waals surface area (Å²) >= 11 is 1.63. The topological polar surface area (TPSA) is 72.6 Å². The highest BCUT2D eigenvalue weighted by Crippen LogP contribution is 2.25. The van der Waals surface area contributed by atoms with E-state index in [0.717, 1.165) is 4.88 Å². The maximum absolute atomic E-state index is 12.5. The fourth-order valence-corrected chi connectivity index (χ4v) is 2.77. The van der Waals surface area contributed by atoms with Gasteiger partial charge in [-0.15, -0.1) is 11.3 Å². The molecule has 0 spiro atoms. The van der Waals surface area contributed by atoms with Gasteiger partial charge in [-0.2, -0.15) is 0 Å². The zero-order valence-electron chi connectivity index (χ0n) is 12.5. The van der Waals surface area contributed by atoms with E-state index >= 15 is 0 Å². The van der Waals surface area contributed by atoms with E-state index in [1.165, 1.54) is 0 Å². The Bertz CT molecular complexity index is 638. The van der Waals surface area contributed by atoms with Gasteiger partial charge in [-0.1, -0.05) is 6.07 Å². The van der Waals surface area contributed by atoms with Crippen LogP contribution in [0, 0.1) is 0 Å². The summed E-state index contributed by atoms with van der Waals surface area (Å²) in [4.78, 5) is 26.0. The zero-order chi connectivity index (χ0) is 16.1. The number of hydrogen-bond donors (Lipinski definition) is 1. The van der Waals surface area contributed by atoms with E-state index in [9.17, 15) is 9.59 Å². The summed E-state index contributed by atoms with van der Waals surface area (Å²) in [6.45, 7) is 1.82. The van der Waals surface area contributed by atoms with E-state index < -0.39 is 5.91 Å². The Morgan fingerprint density at radius 3 is 2.50 bits per heavy atom. The van der Waals surface area contributed by atoms with Crippen molar-refractivity contribution in [2.45, 2.75) is 13.0 Å². The highest BCUT2D eigenvalue weighted by Gasteiger charge is 2.19. The van der Waals surface area contributed by atoms with Crippen LogP contribution in [0.3, 0.4) is 0 Å². The molecule has 0 fully saturated rings. The quantitative estimate of drug-likeness (QED) is 0.889. The minimum absolute atomic E-state index is 0.0123. The maximum Gasteiger partial charge on any atom is 0.255 e. The van der Waals surface area contributed by atoms with E-state index in [0.29, 0.717) is 11.3 Å². The minimum Gasteiger partial charge on any atom is -0.484 e. The molecule has 0 bridgehead atoms. The molecular formula is C16H18N2O3S. The lowest BCUT2D eigenvalue weighted by atomic mass is 10.1. The first-order valence-electron chi connectivity index (χ1n) is 6.80. The Kier molecular flexibility index (Phi) is 5.16. The van der Waals surface area contributed by atoms with Gasteiger partial charge in [0.15, 0.2) is 6.61 Å². The maximum atomic E-state index is 12.5. The molecule has 2 rings (SSSR count). The minimum atomic E-state index is -0.537. The molecule has 22 heavy (non-hydrogen) atoms. The molecule has 0 unspecified atom stereocenters. The molecule has 2 N–H and O–H groups in total. The van der Waals surface area contributed by atoms with Gasteiger partial charge in [-0.25, -0.2) is 0 Å². The number of hydrogen-bond acceptors (Lipinski definition) is 4. The monoisotopic (exact) mass is 318 g/mol. The summed E-state index contributed by atoms with van der Waals surface area (Å²) in [7, 11) is 1.78. The van der Waals surface area contributed by atoms with Crippen LogP contribution in [0.2, 0.25) is 0 Å². The second kappa shape index (κ2) is 7.09. The molecule has 1 atom stereocenters. The van der Waals surface area contributed by atoms with Gasteiger partial charge >= 0.3 is 0 Å². The second-order valence-electron chi connectivity index (χ2n) is 4.89. The molecule has 6 heteroatoms. The summed E-state index contributed by atoms with van der Waals surface area (Å²) in [5.41, 5.74) is 5.58. The number of carbonyl (C=O) groups excluding carboxylic acids is 2. The number of thiophene rings is 1. The highest BCUT2D eigenvalue weighted by molar-refractivity contribution is 7.10. The van der Waals surface area contributed by atoms with Crippen molar-refractivity contribution in [3.63, 3.8) is 0 Å². The average Bonchev–Trinajstić information content (AvgIpc) is 3.05. The largest absolute Gasteiger partial charge is 0.484 e. The summed E-state index contributed by atoms with van der Waals surface area (Å²) < 4.78 is 5.17. The zero-order valence-corrected chi connectivity index (χ0v) is 13.3. The van der Waals surface area contributed by atoms with Crippen LogP contribution in [0.4, 0.5) is 0 Å². The molecule has 0 saturated carbocycles. The van der Waals surface area contributed by atoms with Crippen LogP contribution >= 0.6 is 11.3 Å². The van der Waals surface area contributed by atoms with Crippen LogP contribution in [0.1, 0.15) is 28.2 Å². The number of nitrogens with two attached hydrogens (primary N) is 1. The molecule has 116 valence electrons. The summed E-state index contributed by atoms with van der Waals surface area (Å²) in [6.07, 6.45) is 0. The Labute approximate surface area is 133 Å². The van der Waals surface area contributed by atoms with Crippen LogP contribution < -0.4 is 10.5 Å². The third-order valence-corrected chi connectivity index (χ3v) is 4.38. The fraction of sp³-hybridized carbons (Fsp3) is 0.250. The lowest BCUT2D eigenvalue weighted by Gasteiger charge is -2.24. The van der Waals surface area contributed by atoms with Crippen LogP contribution in [0.25, 0.3) is 0 Å². The van der Waals surface area contributed by atoms with Gasteiger partial charge in [-0.05, 0) is 42.6 Å². The summed E-state index contributed by atoms with van der Waals surface area (Å²) in [5, 5.41) is 2.00. The smallest absolute Gasteiger partial charge is 0.255 e. The fourth-order valence-electron chi connectivity index (χ4n) is 1.95. The molecule has 1 aromatic carbocycles. The van der Waals surface area contributed by atoms with E-state index in [2.05, 4.69) is 0 Å². The molecule has 0 aliphatic carbocycles. The predicted molar refractivity (Wildman–Crippen MR) is 86.0 cm³/mol. The molecule has 0 saturated heterocycles. The third-order valence-electron chi connectivity index (χ3n) is 3.34. The van der Waals surface area contributed by atoms with Gasteiger partial charge in [0.05, 0.1) is 6.04 Å².